The monoisotopic (exact) mass is 256 g/mol. The van der Waals surface area contributed by atoms with Crippen molar-refractivity contribution in [3.05, 3.63) is 35.4 Å². The number of nitrogens with two attached hydrogens (primary N) is 1. The molecule has 0 fully saturated rings. The van der Waals surface area contributed by atoms with Crippen LogP contribution in [0.4, 0.5) is 0 Å². The Hall–Kier alpha value is -1.06. The largest absolute Gasteiger partial charge is 0.347 e. The standard InChI is InChI=1S/C13H20N2O.ClH/c1-10-5-4-6-11(9-10)13(2,3)15-12(16)7-8-14;/h4-6,9H,7-8,14H2,1-3H3,(H,15,16);1H. The number of carbonyl (C=O) groups is 1. The number of amides is 1. The van der Waals surface area contributed by atoms with E-state index in [1.54, 1.807) is 0 Å². The summed E-state index contributed by atoms with van der Waals surface area (Å²) in [4.78, 5) is 11.5. The predicted octanol–water partition coefficient (Wildman–Crippen LogP) is 2.12. The van der Waals surface area contributed by atoms with Crippen LogP contribution in [0.3, 0.4) is 0 Å². The molecule has 0 aliphatic heterocycles. The summed E-state index contributed by atoms with van der Waals surface area (Å²) in [5.74, 6) is -0.00555. The lowest BCUT2D eigenvalue weighted by Crippen LogP contribution is -2.41. The smallest absolute Gasteiger partial charge is 0.221 e. The molecule has 0 aromatic heterocycles. The predicted molar refractivity (Wildman–Crippen MR) is 73.3 cm³/mol. The fourth-order valence-corrected chi connectivity index (χ4v) is 1.65. The Labute approximate surface area is 109 Å². The topological polar surface area (TPSA) is 55.1 Å². The number of hydrogen-bond donors (Lipinski definition) is 2. The van der Waals surface area contributed by atoms with Gasteiger partial charge in [-0.2, -0.15) is 0 Å². The van der Waals surface area contributed by atoms with Gasteiger partial charge in [0.05, 0.1) is 5.54 Å². The van der Waals surface area contributed by atoms with E-state index in [2.05, 4.69) is 11.4 Å². The molecular weight excluding hydrogens is 236 g/mol. The highest BCUT2D eigenvalue weighted by Crippen LogP contribution is 2.20. The molecule has 4 heteroatoms. The van der Waals surface area contributed by atoms with Crippen molar-refractivity contribution < 1.29 is 4.79 Å². The van der Waals surface area contributed by atoms with Gasteiger partial charge in [-0.3, -0.25) is 4.79 Å². The maximum Gasteiger partial charge on any atom is 0.221 e. The summed E-state index contributed by atoms with van der Waals surface area (Å²) in [6.45, 7) is 6.42. The number of hydrogen-bond acceptors (Lipinski definition) is 2. The third-order valence-corrected chi connectivity index (χ3v) is 2.56. The first-order chi connectivity index (χ1) is 7.45. The SMILES string of the molecule is Cc1cccc(C(C)(C)NC(=O)CCN)c1.Cl. The molecule has 0 unspecified atom stereocenters. The highest BCUT2D eigenvalue weighted by atomic mass is 35.5. The first-order valence-corrected chi connectivity index (χ1v) is 5.54. The van der Waals surface area contributed by atoms with Crippen LogP contribution in [0.5, 0.6) is 0 Å². The second-order valence-corrected chi connectivity index (χ2v) is 4.58. The van der Waals surface area contributed by atoms with Crippen LogP contribution >= 0.6 is 12.4 Å². The van der Waals surface area contributed by atoms with Crippen LogP contribution in [0.1, 0.15) is 31.4 Å². The summed E-state index contributed by atoms with van der Waals surface area (Å²) < 4.78 is 0. The Kier molecular flexibility index (Phi) is 6.21. The molecule has 0 atom stereocenters. The molecule has 3 nitrogen and oxygen atoms in total. The van der Waals surface area contributed by atoms with Crippen LogP contribution in [0.25, 0.3) is 0 Å². The summed E-state index contributed by atoms with van der Waals surface area (Å²) in [6.07, 6.45) is 0.370. The molecule has 0 saturated carbocycles. The summed E-state index contributed by atoms with van der Waals surface area (Å²) in [7, 11) is 0. The summed E-state index contributed by atoms with van der Waals surface area (Å²) >= 11 is 0. The minimum Gasteiger partial charge on any atom is -0.347 e. The van der Waals surface area contributed by atoms with Crippen LogP contribution < -0.4 is 11.1 Å². The fourth-order valence-electron chi connectivity index (χ4n) is 1.65. The third-order valence-electron chi connectivity index (χ3n) is 2.56. The number of halogens is 1. The molecule has 0 saturated heterocycles. The molecule has 1 amide bonds. The molecule has 0 spiro atoms. The van der Waals surface area contributed by atoms with Crippen LogP contribution in [-0.2, 0) is 10.3 Å². The molecule has 0 bridgehead atoms. The molecule has 1 aromatic carbocycles. The molecule has 96 valence electrons. The minimum absolute atomic E-state index is 0. The van der Waals surface area contributed by atoms with Crippen LogP contribution in [-0.4, -0.2) is 12.5 Å². The third kappa shape index (κ3) is 4.75. The van der Waals surface area contributed by atoms with Gasteiger partial charge in [0, 0.05) is 13.0 Å². The van der Waals surface area contributed by atoms with Gasteiger partial charge >= 0.3 is 0 Å². The molecule has 1 aromatic rings. The Balaban J connectivity index is 0.00000256. The maximum absolute atomic E-state index is 11.5. The minimum atomic E-state index is -0.349. The summed E-state index contributed by atoms with van der Waals surface area (Å²) in [5, 5.41) is 2.98. The average Bonchev–Trinajstić information content (AvgIpc) is 2.17. The van der Waals surface area contributed by atoms with E-state index in [9.17, 15) is 4.79 Å². The number of aryl methyl sites for hydroxylation is 1. The zero-order valence-electron chi connectivity index (χ0n) is 10.6. The van der Waals surface area contributed by atoms with E-state index in [4.69, 9.17) is 5.73 Å². The van der Waals surface area contributed by atoms with Gasteiger partial charge in [0.2, 0.25) is 5.91 Å². The quantitative estimate of drug-likeness (QED) is 0.867. The first kappa shape index (κ1) is 15.9. The molecule has 0 radical (unpaired) electrons. The highest BCUT2D eigenvalue weighted by Gasteiger charge is 2.22. The number of benzene rings is 1. The van der Waals surface area contributed by atoms with E-state index in [-0.39, 0.29) is 23.9 Å². The highest BCUT2D eigenvalue weighted by molar-refractivity contribution is 5.85. The van der Waals surface area contributed by atoms with Crippen molar-refractivity contribution in [3.63, 3.8) is 0 Å². The molecule has 17 heavy (non-hydrogen) atoms. The van der Waals surface area contributed by atoms with Gasteiger partial charge in [-0.25, -0.2) is 0 Å². The average molecular weight is 257 g/mol. The normalized spacial score (nSPS) is 10.6. The lowest BCUT2D eigenvalue weighted by Gasteiger charge is -2.27. The number of nitrogens with one attached hydrogen (secondary N) is 1. The zero-order valence-corrected chi connectivity index (χ0v) is 11.4. The Morgan fingerprint density at radius 1 is 1.41 bits per heavy atom. The van der Waals surface area contributed by atoms with Gasteiger partial charge in [-0.1, -0.05) is 29.8 Å². The second-order valence-electron chi connectivity index (χ2n) is 4.58. The molecule has 0 aliphatic rings. The molecule has 0 aliphatic carbocycles. The van der Waals surface area contributed by atoms with E-state index >= 15 is 0 Å². The number of carbonyl (C=O) groups excluding carboxylic acids is 1. The molecule has 3 N–H and O–H groups in total. The Morgan fingerprint density at radius 3 is 2.59 bits per heavy atom. The van der Waals surface area contributed by atoms with Crippen molar-refractivity contribution in [3.8, 4) is 0 Å². The Morgan fingerprint density at radius 2 is 2.06 bits per heavy atom. The zero-order chi connectivity index (χ0) is 12.2. The summed E-state index contributed by atoms with van der Waals surface area (Å²) in [6, 6.07) is 8.15. The van der Waals surface area contributed by atoms with Crippen molar-refractivity contribution in [1.29, 1.82) is 0 Å². The van der Waals surface area contributed by atoms with Gasteiger partial charge in [0.25, 0.3) is 0 Å². The molecule has 0 heterocycles. The van der Waals surface area contributed by atoms with Crippen LogP contribution in [0.2, 0.25) is 0 Å². The van der Waals surface area contributed by atoms with Gasteiger partial charge < -0.3 is 11.1 Å². The van der Waals surface area contributed by atoms with E-state index in [1.165, 1.54) is 5.56 Å². The van der Waals surface area contributed by atoms with Crippen LogP contribution in [0.15, 0.2) is 24.3 Å². The van der Waals surface area contributed by atoms with E-state index in [1.807, 2.05) is 39.0 Å². The maximum atomic E-state index is 11.5. The van der Waals surface area contributed by atoms with Gasteiger partial charge in [-0.15, -0.1) is 12.4 Å². The van der Waals surface area contributed by atoms with Crippen molar-refractivity contribution in [2.75, 3.05) is 6.54 Å². The lowest BCUT2D eigenvalue weighted by atomic mass is 9.93. The summed E-state index contributed by atoms with van der Waals surface area (Å²) in [5.41, 5.74) is 7.30. The van der Waals surface area contributed by atoms with Gasteiger partial charge in [0.15, 0.2) is 0 Å². The second kappa shape index (κ2) is 6.62. The van der Waals surface area contributed by atoms with Crippen LogP contribution in [0, 0.1) is 6.92 Å². The van der Waals surface area contributed by atoms with Crippen molar-refractivity contribution in [2.45, 2.75) is 32.7 Å². The molecule has 1 rings (SSSR count). The fraction of sp³-hybridized carbons (Fsp3) is 0.462. The number of rotatable bonds is 4. The van der Waals surface area contributed by atoms with Crippen molar-refractivity contribution in [2.24, 2.45) is 5.73 Å². The van der Waals surface area contributed by atoms with Crippen molar-refractivity contribution >= 4 is 18.3 Å². The van der Waals surface area contributed by atoms with E-state index < -0.39 is 0 Å². The van der Waals surface area contributed by atoms with E-state index in [0.717, 1.165) is 5.56 Å². The van der Waals surface area contributed by atoms with Gasteiger partial charge in [0.1, 0.15) is 0 Å². The first-order valence-electron chi connectivity index (χ1n) is 5.54. The Bertz CT molecular complexity index is 377. The van der Waals surface area contributed by atoms with E-state index in [0.29, 0.717) is 13.0 Å². The van der Waals surface area contributed by atoms with Gasteiger partial charge in [-0.05, 0) is 26.3 Å². The van der Waals surface area contributed by atoms with Crippen molar-refractivity contribution in [1.82, 2.24) is 5.32 Å². The lowest BCUT2D eigenvalue weighted by molar-refractivity contribution is -0.122. The molecular formula is C13H21ClN2O.